The molecule has 0 N–H and O–H groups in total. The largest absolute Gasteiger partial charge is 0.344 e. The van der Waals surface area contributed by atoms with Crippen LogP contribution in [0.2, 0.25) is 0 Å². The van der Waals surface area contributed by atoms with Crippen LogP contribution in [0, 0.1) is 70.0 Å². The Morgan fingerprint density at radius 3 is 2.48 bits per heavy atom. The van der Waals surface area contributed by atoms with Gasteiger partial charge in [-0.3, -0.25) is 0 Å². The lowest BCUT2D eigenvalue weighted by molar-refractivity contribution is -0.130. The number of rotatable bonds is 5. The minimum atomic E-state index is -0.448. The van der Waals surface area contributed by atoms with Crippen LogP contribution in [0.4, 0.5) is 0 Å². The molecule has 183 valence electrons. The molecule has 1 saturated heterocycles. The van der Waals surface area contributed by atoms with Crippen LogP contribution >= 0.6 is 0 Å². The van der Waals surface area contributed by atoms with E-state index >= 15 is 0 Å². The van der Waals surface area contributed by atoms with Crippen LogP contribution in [0.1, 0.15) is 92.4 Å². The summed E-state index contributed by atoms with van der Waals surface area (Å²) in [5.41, 5.74) is 2.32. The first kappa shape index (κ1) is 23.9. The van der Waals surface area contributed by atoms with Gasteiger partial charge in [0.05, 0.1) is 19.3 Å². The van der Waals surface area contributed by atoms with Gasteiger partial charge in [0.2, 0.25) is 0 Å². The summed E-state index contributed by atoms with van der Waals surface area (Å²) in [6.45, 7) is 13.5. The van der Waals surface area contributed by atoms with E-state index in [1.54, 1.807) is 5.57 Å². The van der Waals surface area contributed by atoms with Gasteiger partial charge in [0.15, 0.2) is 5.79 Å². The normalized spacial score (nSPS) is 43.4. The molecule has 3 heteroatoms. The van der Waals surface area contributed by atoms with Crippen molar-refractivity contribution in [3.63, 3.8) is 0 Å². The van der Waals surface area contributed by atoms with Crippen molar-refractivity contribution < 1.29 is 9.47 Å². The molecule has 1 spiro atoms. The predicted molar refractivity (Wildman–Crippen MR) is 132 cm³/mol. The molecule has 1 heterocycles. The van der Waals surface area contributed by atoms with Gasteiger partial charge in [-0.1, -0.05) is 40.2 Å². The van der Waals surface area contributed by atoms with E-state index < -0.39 is 5.79 Å². The Kier molecular flexibility index (Phi) is 6.27. The minimum absolute atomic E-state index is 0.217. The number of hydrogen-bond acceptors (Lipinski definition) is 3. The van der Waals surface area contributed by atoms with Crippen LogP contribution in [0.15, 0.2) is 11.6 Å². The molecule has 0 aromatic rings. The van der Waals surface area contributed by atoms with Gasteiger partial charge in [0, 0.05) is 12.3 Å². The lowest BCUT2D eigenvalue weighted by atomic mass is 9.46. The van der Waals surface area contributed by atoms with Crippen LogP contribution < -0.4 is 0 Å². The zero-order valence-corrected chi connectivity index (χ0v) is 21.7. The molecule has 33 heavy (non-hydrogen) atoms. The Labute approximate surface area is 202 Å². The number of nitriles is 1. The summed E-state index contributed by atoms with van der Waals surface area (Å²) < 4.78 is 12.1. The Balaban J connectivity index is 1.30. The summed E-state index contributed by atoms with van der Waals surface area (Å²) in [6.07, 6.45) is 16.3. The highest BCUT2D eigenvalue weighted by atomic mass is 16.7. The molecule has 0 bridgehead atoms. The fourth-order valence-corrected chi connectivity index (χ4v) is 9.29. The van der Waals surface area contributed by atoms with Crippen LogP contribution in [0.3, 0.4) is 0 Å². The van der Waals surface area contributed by atoms with Crippen LogP contribution in [0.25, 0.3) is 0 Å². The molecule has 0 amide bonds. The summed E-state index contributed by atoms with van der Waals surface area (Å²) in [7, 11) is 0. The molecule has 3 nitrogen and oxygen atoms in total. The van der Waals surface area contributed by atoms with Crippen molar-refractivity contribution in [1.29, 1.82) is 5.26 Å². The van der Waals surface area contributed by atoms with Crippen molar-refractivity contribution in [2.75, 3.05) is 13.2 Å². The summed E-state index contributed by atoms with van der Waals surface area (Å²) in [5.74, 6) is 4.33. The van der Waals surface area contributed by atoms with Crippen molar-refractivity contribution in [2.24, 2.45) is 52.3 Å². The van der Waals surface area contributed by atoms with Gasteiger partial charge in [-0.15, -0.1) is 0 Å². The molecule has 1 aliphatic heterocycles. The molecule has 4 aliphatic carbocycles. The highest BCUT2D eigenvalue weighted by Crippen LogP contribution is 2.68. The number of hydrogen-bond donors (Lipinski definition) is 0. The molecule has 0 aromatic heterocycles. The van der Waals surface area contributed by atoms with E-state index in [-0.39, 0.29) is 11.3 Å². The lowest BCUT2D eigenvalue weighted by Crippen LogP contribution is -2.52. The second-order valence-corrected chi connectivity index (χ2v) is 13.0. The van der Waals surface area contributed by atoms with Gasteiger partial charge >= 0.3 is 0 Å². The Morgan fingerprint density at radius 2 is 1.79 bits per heavy atom. The maximum atomic E-state index is 9.56. The zero-order valence-electron chi connectivity index (χ0n) is 21.7. The van der Waals surface area contributed by atoms with Crippen LogP contribution in [0.5, 0.6) is 0 Å². The number of nitrogens with zero attached hydrogens (tertiary/aromatic N) is 1. The molecule has 5 aliphatic rings. The van der Waals surface area contributed by atoms with Crippen molar-refractivity contribution >= 4 is 0 Å². The van der Waals surface area contributed by atoms with E-state index in [1.807, 2.05) is 0 Å². The van der Waals surface area contributed by atoms with Crippen molar-refractivity contribution in [2.45, 2.75) is 98.2 Å². The maximum absolute atomic E-state index is 9.56. The SMILES string of the molecule is CC(C)C(C#N)CC[C@@H](C)[C@H]1CC[C@H]2[C@@H]3CCC4=CC5(C[CH][C@]4(C)[C@H]3CC[C@]12C)OCCO5. The predicted octanol–water partition coefficient (Wildman–Crippen LogP) is 7.33. The first-order valence-electron chi connectivity index (χ1n) is 14.0. The molecular weight excluding hydrogens is 406 g/mol. The molecule has 5 rings (SSSR count). The minimum Gasteiger partial charge on any atom is -0.344 e. The van der Waals surface area contributed by atoms with E-state index in [9.17, 15) is 5.26 Å². The van der Waals surface area contributed by atoms with Gasteiger partial charge in [0.1, 0.15) is 0 Å². The molecule has 1 unspecified atom stereocenters. The molecule has 8 atom stereocenters. The summed E-state index contributed by atoms with van der Waals surface area (Å²) in [5, 5.41) is 9.56. The average molecular weight is 453 g/mol. The summed E-state index contributed by atoms with van der Waals surface area (Å²) in [4.78, 5) is 0. The molecule has 3 saturated carbocycles. The van der Waals surface area contributed by atoms with Crippen molar-refractivity contribution in [3.8, 4) is 6.07 Å². The number of fused-ring (bicyclic) bond motifs is 5. The third-order valence-electron chi connectivity index (χ3n) is 11.3. The smallest absolute Gasteiger partial charge is 0.188 e. The van der Waals surface area contributed by atoms with E-state index in [2.05, 4.69) is 53.2 Å². The average Bonchev–Trinajstić information content (AvgIpc) is 3.38. The highest BCUT2D eigenvalue weighted by molar-refractivity contribution is 5.32. The van der Waals surface area contributed by atoms with Gasteiger partial charge in [-0.05, 0) is 110 Å². The summed E-state index contributed by atoms with van der Waals surface area (Å²) >= 11 is 0. The van der Waals surface area contributed by atoms with Crippen LogP contribution in [-0.4, -0.2) is 19.0 Å². The van der Waals surface area contributed by atoms with Crippen LogP contribution in [-0.2, 0) is 9.47 Å². The number of allylic oxidation sites excluding steroid dienone is 1. The lowest BCUT2D eigenvalue weighted by Gasteiger charge is -2.59. The quantitative estimate of drug-likeness (QED) is 0.410. The molecular formula is C30H46NO2. The second-order valence-electron chi connectivity index (χ2n) is 13.0. The second kappa shape index (κ2) is 8.67. The molecule has 0 aromatic carbocycles. The van der Waals surface area contributed by atoms with Gasteiger partial charge in [-0.25, -0.2) is 0 Å². The highest BCUT2D eigenvalue weighted by Gasteiger charge is 2.60. The van der Waals surface area contributed by atoms with E-state index in [0.29, 0.717) is 11.3 Å². The zero-order chi connectivity index (χ0) is 23.4. The summed E-state index contributed by atoms with van der Waals surface area (Å²) in [6, 6.07) is 2.57. The molecule has 4 fully saturated rings. The first-order valence-corrected chi connectivity index (χ1v) is 14.0. The van der Waals surface area contributed by atoms with Crippen molar-refractivity contribution in [1.82, 2.24) is 0 Å². The topological polar surface area (TPSA) is 42.2 Å². The first-order chi connectivity index (χ1) is 15.7. The van der Waals surface area contributed by atoms with E-state index in [0.717, 1.165) is 55.6 Å². The fourth-order valence-electron chi connectivity index (χ4n) is 9.29. The third kappa shape index (κ3) is 3.83. The Morgan fingerprint density at radius 1 is 1.03 bits per heavy atom. The van der Waals surface area contributed by atoms with E-state index in [4.69, 9.17) is 9.47 Å². The van der Waals surface area contributed by atoms with Crippen molar-refractivity contribution in [3.05, 3.63) is 18.1 Å². The van der Waals surface area contributed by atoms with Gasteiger partial charge in [-0.2, -0.15) is 5.26 Å². The third-order valence-corrected chi connectivity index (χ3v) is 11.3. The Bertz CT molecular complexity index is 805. The Hall–Kier alpha value is -0.850. The van der Waals surface area contributed by atoms with Gasteiger partial charge in [0.25, 0.3) is 0 Å². The van der Waals surface area contributed by atoms with E-state index in [1.165, 1.54) is 44.9 Å². The maximum Gasteiger partial charge on any atom is 0.188 e. The van der Waals surface area contributed by atoms with Gasteiger partial charge < -0.3 is 9.47 Å². The monoisotopic (exact) mass is 452 g/mol. The molecule has 1 radical (unpaired) electrons. The number of ether oxygens (including phenoxy) is 2. The standard InChI is InChI=1S/C30H46NO2/c1-20(2)22(19-31)7-6-21(3)25-10-11-26-24-9-8-23-18-30(32-16-17-33-30)15-14-28(23,4)27(24)12-13-29(25,26)5/h14,18,20-22,24-27H,6-13,15-17H2,1-5H3/t21-,22?,24+,25-,26+,27+,28+,29-/m1/s1. The fraction of sp³-hybridized carbons (Fsp3) is 0.867.